The van der Waals surface area contributed by atoms with Gasteiger partial charge in [0.05, 0.1) is 0 Å². The fourth-order valence-electron chi connectivity index (χ4n) is 1.02. The summed E-state index contributed by atoms with van der Waals surface area (Å²) in [4.78, 5) is 0. The highest BCUT2D eigenvalue weighted by Crippen LogP contribution is 2.31. The molecule has 1 saturated carbocycles. The Morgan fingerprint density at radius 1 is 1.50 bits per heavy atom. The number of hydrogen-bond donors (Lipinski definition) is 2. The van der Waals surface area contributed by atoms with E-state index in [9.17, 15) is 8.42 Å². The lowest BCUT2D eigenvalue weighted by Crippen LogP contribution is -2.43. The van der Waals surface area contributed by atoms with Gasteiger partial charge >= 0.3 is 0 Å². The summed E-state index contributed by atoms with van der Waals surface area (Å²) >= 11 is 0. The number of nitrogens with one attached hydrogen (secondary N) is 1. The third kappa shape index (κ3) is 4.10. The fourth-order valence-corrected chi connectivity index (χ4v) is 1.68. The van der Waals surface area contributed by atoms with Crippen molar-refractivity contribution in [3.63, 3.8) is 0 Å². The summed E-state index contributed by atoms with van der Waals surface area (Å²) in [6.45, 7) is 0.338. The number of halogens is 1. The Morgan fingerprint density at radius 2 is 2.00 bits per heavy atom. The number of hydrogen-bond acceptors (Lipinski definition) is 3. The molecular formula is C7H18ClN3O2S. The van der Waals surface area contributed by atoms with E-state index in [-0.39, 0.29) is 18.4 Å². The molecule has 14 heavy (non-hydrogen) atoms. The van der Waals surface area contributed by atoms with E-state index in [1.54, 1.807) is 0 Å². The zero-order valence-electron chi connectivity index (χ0n) is 8.43. The summed E-state index contributed by atoms with van der Waals surface area (Å²) in [7, 11) is -0.314. The SMILES string of the molecule is CN(C)S(=O)(=O)NCC(N)C1CC1.Cl. The van der Waals surface area contributed by atoms with Gasteiger partial charge in [-0.15, -0.1) is 12.4 Å². The number of nitrogens with two attached hydrogens (primary N) is 1. The second-order valence-electron chi connectivity index (χ2n) is 3.64. The van der Waals surface area contributed by atoms with E-state index >= 15 is 0 Å². The molecule has 1 fully saturated rings. The van der Waals surface area contributed by atoms with Crippen molar-refractivity contribution >= 4 is 22.6 Å². The maximum atomic E-state index is 11.2. The summed E-state index contributed by atoms with van der Waals surface area (Å²) in [6.07, 6.45) is 2.26. The van der Waals surface area contributed by atoms with Crippen LogP contribution in [0.15, 0.2) is 0 Å². The minimum absolute atomic E-state index is 0. The Hall–Kier alpha value is 0.120. The van der Waals surface area contributed by atoms with Gasteiger partial charge in [0, 0.05) is 26.7 Å². The van der Waals surface area contributed by atoms with Crippen molar-refractivity contribution in [2.24, 2.45) is 11.7 Å². The van der Waals surface area contributed by atoms with Gasteiger partial charge in [0.1, 0.15) is 0 Å². The third-order valence-corrected chi connectivity index (χ3v) is 3.70. The van der Waals surface area contributed by atoms with Crippen molar-refractivity contribution in [3.8, 4) is 0 Å². The molecule has 0 saturated heterocycles. The van der Waals surface area contributed by atoms with Crippen LogP contribution >= 0.6 is 12.4 Å². The van der Waals surface area contributed by atoms with Gasteiger partial charge in [0.15, 0.2) is 0 Å². The van der Waals surface area contributed by atoms with Crippen molar-refractivity contribution < 1.29 is 8.42 Å². The lowest BCUT2D eigenvalue weighted by atomic mass is 10.2. The molecule has 86 valence electrons. The van der Waals surface area contributed by atoms with Gasteiger partial charge in [-0.25, -0.2) is 4.72 Å². The lowest BCUT2D eigenvalue weighted by molar-refractivity contribution is 0.492. The van der Waals surface area contributed by atoms with Crippen molar-refractivity contribution in [3.05, 3.63) is 0 Å². The van der Waals surface area contributed by atoms with E-state index < -0.39 is 10.2 Å². The normalized spacial score (nSPS) is 19.1. The van der Waals surface area contributed by atoms with Crippen LogP contribution in [0.3, 0.4) is 0 Å². The van der Waals surface area contributed by atoms with E-state index in [1.807, 2.05) is 0 Å². The second-order valence-corrected chi connectivity index (χ2v) is 5.61. The van der Waals surface area contributed by atoms with E-state index in [2.05, 4.69) is 4.72 Å². The predicted octanol–water partition coefficient (Wildman–Crippen LogP) is -0.458. The summed E-state index contributed by atoms with van der Waals surface area (Å²) in [5.41, 5.74) is 5.74. The first-order valence-electron chi connectivity index (χ1n) is 4.36. The van der Waals surface area contributed by atoms with Crippen molar-refractivity contribution in [2.45, 2.75) is 18.9 Å². The molecule has 0 bridgehead atoms. The molecule has 0 amide bonds. The largest absolute Gasteiger partial charge is 0.326 e. The Balaban J connectivity index is 0.00000169. The first-order valence-corrected chi connectivity index (χ1v) is 5.80. The molecule has 0 heterocycles. The van der Waals surface area contributed by atoms with Crippen LogP contribution in [-0.4, -0.2) is 39.4 Å². The molecule has 1 aliphatic carbocycles. The van der Waals surface area contributed by atoms with Crippen LogP contribution < -0.4 is 10.5 Å². The molecule has 0 radical (unpaired) electrons. The average Bonchev–Trinajstić information content (AvgIpc) is 2.82. The summed E-state index contributed by atoms with van der Waals surface area (Å²) in [5, 5.41) is 0. The van der Waals surface area contributed by atoms with Gasteiger partial charge in [-0.3, -0.25) is 0 Å². The summed E-state index contributed by atoms with van der Waals surface area (Å²) < 4.78 is 26.1. The predicted molar refractivity (Wildman–Crippen MR) is 58.6 cm³/mol. The molecule has 1 aliphatic rings. The Labute approximate surface area is 91.6 Å². The summed E-state index contributed by atoms with van der Waals surface area (Å²) in [5.74, 6) is 0.518. The molecule has 0 spiro atoms. The van der Waals surface area contributed by atoms with Crippen molar-refractivity contribution in [1.82, 2.24) is 9.03 Å². The maximum absolute atomic E-state index is 11.2. The monoisotopic (exact) mass is 243 g/mol. The van der Waals surface area contributed by atoms with Crippen molar-refractivity contribution in [1.29, 1.82) is 0 Å². The Morgan fingerprint density at radius 3 is 2.36 bits per heavy atom. The standard InChI is InChI=1S/C7H17N3O2S.ClH/c1-10(2)13(11,12)9-5-7(8)6-3-4-6;/h6-7,9H,3-5,8H2,1-2H3;1H. The van der Waals surface area contributed by atoms with E-state index in [4.69, 9.17) is 5.73 Å². The molecule has 1 atom stereocenters. The first-order chi connectivity index (χ1) is 5.93. The molecular weight excluding hydrogens is 226 g/mol. The molecule has 0 aromatic carbocycles. The Bertz CT molecular complexity index is 264. The zero-order valence-corrected chi connectivity index (χ0v) is 10.1. The van der Waals surface area contributed by atoms with Gasteiger partial charge in [-0.2, -0.15) is 12.7 Å². The van der Waals surface area contributed by atoms with Crippen LogP contribution in [0.25, 0.3) is 0 Å². The molecule has 0 aromatic heterocycles. The van der Waals surface area contributed by atoms with Crippen LogP contribution in [0.1, 0.15) is 12.8 Å². The van der Waals surface area contributed by atoms with Crippen LogP contribution in [-0.2, 0) is 10.2 Å². The number of rotatable bonds is 5. The number of nitrogens with zero attached hydrogens (tertiary/aromatic N) is 1. The molecule has 1 unspecified atom stereocenters. The molecule has 1 rings (SSSR count). The minimum Gasteiger partial charge on any atom is -0.326 e. The van der Waals surface area contributed by atoms with Gasteiger partial charge < -0.3 is 5.73 Å². The van der Waals surface area contributed by atoms with E-state index in [0.29, 0.717) is 12.5 Å². The lowest BCUT2D eigenvalue weighted by Gasteiger charge is -2.15. The minimum atomic E-state index is -3.30. The van der Waals surface area contributed by atoms with Crippen LogP contribution in [0.2, 0.25) is 0 Å². The van der Waals surface area contributed by atoms with Crippen LogP contribution in [0.5, 0.6) is 0 Å². The smallest absolute Gasteiger partial charge is 0.278 e. The van der Waals surface area contributed by atoms with Crippen LogP contribution in [0, 0.1) is 5.92 Å². The van der Waals surface area contributed by atoms with E-state index in [1.165, 1.54) is 14.1 Å². The average molecular weight is 244 g/mol. The maximum Gasteiger partial charge on any atom is 0.278 e. The molecule has 5 nitrogen and oxygen atoms in total. The zero-order chi connectivity index (χ0) is 10.1. The second kappa shape index (κ2) is 5.27. The highest BCUT2D eigenvalue weighted by molar-refractivity contribution is 7.87. The summed E-state index contributed by atoms with van der Waals surface area (Å²) in [6, 6.07) is -0.0327. The third-order valence-electron chi connectivity index (χ3n) is 2.21. The highest BCUT2D eigenvalue weighted by atomic mass is 35.5. The highest BCUT2D eigenvalue weighted by Gasteiger charge is 2.29. The van der Waals surface area contributed by atoms with Gasteiger partial charge in [-0.05, 0) is 18.8 Å². The molecule has 0 aromatic rings. The first kappa shape index (κ1) is 14.1. The topological polar surface area (TPSA) is 75.4 Å². The molecule has 3 N–H and O–H groups in total. The quantitative estimate of drug-likeness (QED) is 0.686. The fraction of sp³-hybridized carbons (Fsp3) is 1.00. The van der Waals surface area contributed by atoms with Gasteiger partial charge in [0.2, 0.25) is 0 Å². The van der Waals surface area contributed by atoms with Crippen LogP contribution in [0.4, 0.5) is 0 Å². The van der Waals surface area contributed by atoms with Gasteiger partial charge in [0.25, 0.3) is 10.2 Å². The van der Waals surface area contributed by atoms with E-state index in [0.717, 1.165) is 17.1 Å². The molecule has 7 heteroatoms. The van der Waals surface area contributed by atoms with Crippen molar-refractivity contribution in [2.75, 3.05) is 20.6 Å². The molecule has 0 aliphatic heterocycles. The van der Waals surface area contributed by atoms with Gasteiger partial charge in [-0.1, -0.05) is 0 Å². The Kier molecular flexibility index (Phi) is 5.32.